The molecule has 3 aliphatic rings. The molecule has 0 saturated heterocycles. The standard InChI is InChI=1S/C24H42O4Si/c1-8-26-22(25)21-19-15-12-14-17(19)18-13-10-11-16-20(18)24(21,27-9-2)28-29(6,7)23(3,4)5/h18,20-21H,8-16H2,1-7H3/t18-,20-,21+,24?/m0/s1. The summed E-state index contributed by atoms with van der Waals surface area (Å²) in [5, 5.41) is 0.0464. The summed E-state index contributed by atoms with van der Waals surface area (Å²) in [6.45, 7) is 16.2. The van der Waals surface area contributed by atoms with Crippen molar-refractivity contribution < 1.29 is 18.7 Å². The minimum Gasteiger partial charge on any atom is -0.465 e. The van der Waals surface area contributed by atoms with E-state index in [1.54, 1.807) is 5.57 Å². The summed E-state index contributed by atoms with van der Waals surface area (Å²) in [5.74, 6) is -0.676. The minimum absolute atomic E-state index is 0.0464. The van der Waals surface area contributed by atoms with Crippen molar-refractivity contribution in [3.05, 3.63) is 11.1 Å². The smallest absolute Gasteiger partial charge is 0.318 e. The number of carbonyl (C=O) groups excluding carboxylic acids is 1. The summed E-state index contributed by atoms with van der Waals surface area (Å²) in [6, 6.07) is 0. The number of hydrogen-bond donors (Lipinski definition) is 0. The zero-order valence-electron chi connectivity index (χ0n) is 19.7. The first-order valence-corrected chi connectivity index (χ1v) is 14.7. The van der Waals surface area contributed by atoms with Crippen molar-refractivity contribution in [1.82, 2.24) is 0 Å². The van der Waals surface area contributed by atoms with Gasteiger partial charge in [-0.25, -0.2) is 0 Å². The molecule has 4 nitrogen and oxygen atoms in total. The summed E-state index contributed by atoms with van der Waals surface area (Å²) in [6.07, 6.45) is 8.00. The second-order valence-electron chi connectivity index (χ2n) is 10.6. The van der Waals surface area contributed by atoms with Gasteiger partial charge in [0.25, 0.3) is 0 Å². The lowest BCUT2D eigenvalue weighted by atomic mass is 9.61. The minimum atomic E-state index is -2.19. The van der Waals surface area contributed by atoms with E-state index in [0.29, 0.717) is 19.1 Å². The molecule has 3 aliphatic carbocycles. The van der Waals surface area contributed by atoms with Crippen LogP contribution in [-0.4, -0.2) is 33.3 Å². The zero-order chi connectivity index (χ0) is 21.4. The summed E-state index contributed by atoms with van der Waals surface area (Å²) in [4.78, 5) is 13.4. The van der Waals surface area contributed by atoms with Crippen LogP contribution in [0.25, 0.3) is 0 Å². The van der Waals surface area contributed by atoms with Crippen LogP contribution in [0.3, 0.4) is 0 Å². The number of carbonyl (C=O) groups is 1. The van der Waals surface area contributed by atoms with Crippen molar-refractivity contribution >= 4 is 14.3 Å². The second-order valence-corrected chi connectivity index (χ2v) is 15.3. The van der Waals surface area contributed by atoms with Crippen molar-refractivity contribution in [2.75, 3.05) is 13.2 Å². The van der Waals surface area contributed by atoms with E-state index in [4.69, 9.17) is 13.9 Å². The molecule has 0 heterocycles. The number of ether oxygens (including phenoxy) is 2. The van der Waals surface area contributed by atoms with Crippen molar-refractivity contribution in [3.63, 3.8) is 0 Å². The van der Waals surface area contributed by atoms with Crippen LogP contribution in [0, 0.1) is 17.8 Å². The first-order valence-electron chi connectivity index (χ1n) is 11.8. The molecule has 0 spiro atoms. The molecule has 0 radical (unpaired) electrons. The third-order valence-corrected chi connectivity index (χ3v) is 12.3. The van der Waals surface area contributed by atoms with Crippen LogP contribution in [0.15, 0.2) is 11.1 Å². The average molecular weight is 423 g/mol. The van der Waals surface area contributed by atoms with Crippen LogP contribution in [0.5, 0.6) is 0 Å². The van der Waals surface area contributed by atoms with Gasteiger partial charge < -0.3 is 13.9 Å². The number of esters is 1. The maximum atomic E-state index is 13.4. The fraction of sp³-hybridized carbons (Fsp3) is 0.875. The monoisotopic (exact) mass is 422 g/mol. The van der Waals surface area contributed by atoms with Gasteiger partial charge in [-0.3, -0.25) is 4.79 Å². The van der Waals surface area contributed by atoms with Gasteiger partial charge in [0.05, 0.1) is 6.61 Å². The Labute approximate surface area is 178 Å². The molecular weight excluding hydrogens is 380 g/mol. The molecule has 0 bridgehead atoms. The van der Waals surface area contributed by atoms with E-state index in [1.807, 2.05) is 13.8 Å². The lowest BCUT2D eigenvalue weighted by molar-refractivity contribution is -0.266. The molecule has 1 fully saturated rings. The highest BCUT2D eigenvalue weighted by Gasteiger charge is 2.62. The van der Waals surface area contributed by atoms with Crippen LogP contribution >= 0.6 is 0 Å². The average Bonchev–Trinajstić information content (AvgIpc) is 3.10. The maximum Gasteiger partial charge on any atom is 0.318 e. The van der Waals surface area contributed by atoms with Crippen molar-refractivity contribution in [2.45, 2.75) is 103 Å². The Morgan fingerprint density at radius 1 is 1.03 bits per heavy atom. The van der Waals surface area contributed by atoms with Gasteiger partial charge in [-0.15, -0.1) is 0 Å². The molecule has 29 heavy (non-hydrogen) atoms. The third kappa shape index (κ3) is 3.99. The van der Waals surface area contributed by atoms with Crippen LogP contribution in [0.2, 0.25) is 18.1 Å². The van der Waals surface area contributed by atoms with E-state index in [0.717, 1.165) is 25.7 Å². The molecule has 0 aromatic rings. The molecule has 0 N–H and O–H groups in total. The third-order valence-electron chi connectivity index (χ3n) is 7.90. The highest BCUT2D eigenvalue weighted by Crippen LogP contribution is 2.59. The van der Waals surface area contributed by atoms with Gasteiger partial charge in [-0.1, -0.05) is 44.8 Å². The second kappa shape index (κ2) is 8.47. The van der Waals surface area contributed by atoms with Gasteiger partial charge in [0, 0.05) is 12.5 Å². The lowest BCUT2D eigenvalue weighted by Crippen LogP contribution is -2.64. The number of hydrogen-bond acceptors (Lipinski definition) is 4. The molecule has 0 aromatic heterocycles. The van der Waals surface area contributed by atoms with Gasteiger partial charge >= 0.3 is 5.97 Å². The van der Waals surface area contributed by atoms with Crippen molar-refractivity contribution in [3.8, 4) is 0 Å². The molecule has 5 heteroatoms. The molecule has 1 unspecified atom stereocenters. The number of fused-ring (bicyclic) bond motifs is 2. The van der Waals surface area contributed by atoms with Crippen LogP contribution in [-0.2, 0) is 18.7 Å². The van der Waals surface area contributed by atoms with Gasteiger partial charge in [0.2, 0.25) is 0 Å². The van der Waals surface area contributed by atoms with Crippen molar-refractivity contribution in [2.24, 2.45) is 17.8 Å². The van der Waals surface area contributed by atoms with E-state index >= 15 is 0 Å². The predicted molar refractivity (Wildman–Crippen MR) is 119 cm³/mol. The van der Waals surface area contributed by atoms with Crippen LogP contribution < -0.4 is 0 Å². The molecule has 0 amide bonds. The number of rotatable bonds is 6. The molecule has 3 rings (SSSR count). The van der Waals surface area contributed by atoms with Gasteiger partial charge in [-0.05, 0) is 70.0 Å². The maximum absolute atomic E-state index is 13.4. The van der Waals surface area contributed by atoms with E-state index < -0.39 is 20.0 Å². The molecular formula is C24H42O4Si. The van der Waals surface area contributed by atoms with E-state index in [1.165, 1.54) is 24.8 Å². The Hall–Kier alpha value is -0.653. The van der Waals surface area contributed by atoms with E-state index in [9.17, 15) is 4.79 Å². The molecule has 1 saturated carbocycles. The molecule has 0 aliphatic heterocycles. The van der Waals surface area contributed by atoms with Gasteiger partial charge in [-0.2, -0.15) is 0 Å². The Balaban J connectivity index is 2.18. The molecule has 4 atom stereocenters. The number of allylic oxidation sites excluding steroid dienone is 1. The predicted octanol–water partition coefficient (Wildman–Crippen LogP) is 6.22. The Kier molecular flexibility index (Phi) is 6.72. The van der Waals surface area contributed by atoms with Gasteiger partial charge in [0.15, 0.2) is 14.1 Å². The highest BCUT2D eigenvalue weighted by atomic mass is 28.4. The highest BCUT2D eigenvalue weighted by molar-refractivity contribution is 6.74. The Bertz CT molecular complexity index is 648. The largest absolute Gasteiger partial charge is 0.465 e. The molecule has 0 aromatic carbocycles. The van der Waals surface area contributed by atoms with Crippen LogP contribution in [0.1, 0.15) is 79.6 Å². The van der Waals surface area contributed by atoms with E-state index in [2.05, 4.69) is 33.9 Å². The Morgan fingerprint density at radius 2 is 1.69 bits per heavy atom. The van der Waals surface area contributed by atoms with Crippen LogP contribution in [0.4, 0.5) is 0 Å². The lowest BCUT2D eigenvalue weighted by Gasteiger charge is -2.56. The van der Waals surface area contributed by atoms with Crippen molar-refractivity contribution in [1.29, 1.82) is 0 Å². The fourth-order valence-corrected chi connectivity index (χ4v) is 7.13. The quantitative estimate of drug-likeness (QED) is 0.220. The topological polar surface area (TPSA) is 44.8 Å². The van der Waals surface area contributed by atoms with Gasteiger partial charge in [0.1, 0.15) is 5.92 Å². The first-order chi connectivity index (χ1) is 13.6. The summed E-state index contributed by atoms with van der Waals surface area (Å²) in [7, 11) is -2.19. The van der Waals surface area contributed by atoms with E-state index in [-0.39, 0.29) is 16.9 Å². The zero-order valence-corrected chi connectivity index (χ0v) is 20.7. The normalized spacial score (nSPS) is 32.7. The summed E-state index contributed by atoms with van der Waals surface area (Å²) >= 11 is 0. The summed E-state index contributed by atoms with van der Waals surface area (Å²) in [5.41, 5.74) is 2.83. The summed E-state index contributed by atoms with van der Waals surface area (Å²) < 4.78 is 19.5. The Morgan fingerprint density at radius 3 is 2.31 bits per heavy atom. The first kappa shape index (κ1) is 23.0. The SMILES string of the molecule is CCOC(=O)[C@H]1C2=C(CCC2)[C@@H]2CCCC[C@@H]2C1(OCC)O[Si](C)(C)C(C)(C)C. The molecule has 166 valence electrons. The fourth-order valence-electron chi connectivity index (χ4n) is 5.69.